The monoisotopic (exact) mass is 310 g/mol. The Labute approximate surface area is 138 Å². The maximum Gasteiger partial charge on any atom is 0.196 e. The molecule has 0 spiro atoms. The molecule has 23 heavy (non-hydrogen) atoms. The number of halogens is 1. The zero-order chi connectivity index (χ0) is 16.5. The molecule has 0 saturated heterocycles. The van der Waals surface area contributed by atoms with E-state index >= 15 is 0 Å². The Morgan fingerprint density at radius 2 is 1.65 bits per heavy atom. The zero-order valence-corrected chi connectivity index (χ0v) is 13.5. The minimum Gasteiger partial charge on any atom is -0.195 e. The number of nitrogens with zero attached hydrogens (tertiary/aromatic N) is 2. The van der Waals surface area contributed by atoms with Crippen molar-refractivity contribution in [1.29, 1.82) is 10.5 Å². The third-order valence-corrected chi connectivity index (χ3v) is 4.90. The Kier molecular flexibility index (Phi) is 6.82. The second-order valence-corrected chi connectivity index (χ2v) is 6.48. The van der Waals surface area contributed by atoms with Crippen LogP contribution in [0.5, 0.6) is 0 Å². The van der Waals surface area contributed by atoms with Gasteiger partial charge < -0.3 is 0 Å². The van der Waals surface area contributed by atoms with E-state index in [0.29, 0.717) is 12.3 Å². The summed E-state index contributed by atoms with van der Waals surface area (Å²) in [6.07, 6.45) is 10.3. The molecule has 0 amide bonds. The van der Waals surface area contributed by atoms with Crippen LogP contribution in [0.3, 0.4) is 0 Å². The van der Waals surface area contributed by atoms with Gasteiger partial charge in [0.15, 0.2) is 5.83 Å². The van der Waals surface area contributed by atoms with Crippen LogP contribution in [0.15, 0.2) is 36.2 Å². The highest BCUT2D eigenvalue weighted by atomic mass is 19.1. The Balaban J connectivity index is 1.66. The SMILES string of the molecule is N#C/C(F)=C/CCC1CCC(CCc2ccc(C#N)cc2)CC1. The van der Waals surface area contributed by atoms with Gasteiger partial charge in [-0.1, -0.05) is 37.8 Å². The van der Waals surface area contributed by atoms with Crippen LogP contribution in [0.1, 0.15) is 56.1 Å². The molecule has 0 N–H and O–H groups in total. The molecular weight excluding hydrogens is 287 g/mol. The van der Waals surface area contributed by atoms with E-state index < -0.39 is 5.83 Å². The maximum absolute atomic E-state index is 12.7. The van der Waals surface area contributed by atoms with Crippen LogP contribution < -0.4 is 0 Å². The van der Waals surface area contributed by atoms with Crippen molar-refractivity contribution in [1.82, 2.24) is 0 Å². The highest BCUT2D eigenvalue weighted by molar-refractivity contribution is 5.31. The molecule has 1 aromatic rings. The van der Waals surface area contributed by atoms with Gasteiger partial charge in [-0.15, -0.1) is 0 Å². The van der Waals surface area contributed by atoms with Crippen molar-refractivity contribution in [3.63, 3.8) is 0 Å². The topological polar surface area (TPSA) is 47.6 Å². The first-order valence-electron chi connectivity index (χ1n) is 8.46. The second-order valence-electron chi connectivity index (χ2n) is 6.48. The summed E-state index contributed by atoms with van der Waals surface area (Å²) in [5.41, 5.74) is 2.03. The largest absolute Gasteiger partial charge is 0.196 e. The fraction of sp³-hybridized carbons (Fsp3) is 0.500. The lowest BCUT2D eigenvalue weighted by molar-refractivity contribution is 0.254. The lowest BCUT2D eigenvalue weighted by Crippen LogP contribution is -2.15. The number of aryl methyl sites for hydroxylation is 1. The molecule has 2 rings (SSSR count). The van der Waals surface area contributed by atoms with Crippen molar-refractivity contribution < 1.29 is 4.39 Å². The van der Waals surface area contributed by atoms with Crippen molar-refractivity contribution in [3.05, 3.63) is 47.3 Å². The molecule has 3 heteroatoms. The Bertz CT molecular complexity index is 596. The summed E-state index contributed by atoms with van der Waals surface area (Å²) in [6, 6.07) is 11.6. The molecule has 0 unspecified atom stereocenters. The molecule has 1 fully saturated rings. The molecule has 1 aromatic carbocycles. The van der Waals surface area contributed by atoms with Gasteiger partial charge in [0.05, 0.1) is 11.6 Å². The molecule has 120 valence electrons. The number of hydrogen-bond donors (Lipinski definition) is 0. The van der Waals surface area contributed by atoms with Crippen LogP contribution in [-0.4, -0.2) is 0 Å². The summed E-state index contributed by atoms with van der Waals surface area (Å²) >= 11 is 0. The third kappa shape index (κ3) is 5.87. The van der Waals surface area contributed by atoms with Gasteiger partial charge >= 0.3 is 0 Å². The fourth-order valence-corrected chi connectivity index (χ4v) is 3.42. The first-order chi connectivity index (χ1) is 11.2. The molecule has 1 saturated carbocycles. The minimum atomic E-state index is -0.652. The maximum atomic E-state index is 12.7. The Hall–Kier alpha value is -2.13. The number of nitriles is 2. The smallest absolute Gasteiger partial charge is 0.195 e. The third-order valence-electron chi connectivity index (χ3n) is 4.90. The van der Waals surface area contributed by atoms with Crippen molar-refractivity contribution in [2.45, 2.75) is 51.4 Å². The average molecular weight is 310 g/mol. The van der Waals surface area contributed by atoms with Crippen LogP contribution >= 0.6 is 0 Å². The predicted octanol–water partition coefficient (Wildman–Crippen LogP) is 5.45. The predicted molar refractivity (Wildman–Crippen MR) is 89.0 cm³/mol. The quantitative estimate of drug-likeness (QED) is 0.655. The first kappa shape index (κ1) is 17.2. The summed E-state index contributed by atoms with van der Waals surface area (Å²) in [4.78, 5) is 0. The van der Waals surface area contributed by atoms with Gasteiger partial charge in [-0.3, -0.25) is 0 Å². The van der Waals surface area contributed by atoms with Crippen molar-refractivity contribution >= 4 is 0 Å². The van der Waals surface area contributed by atoms with Crippen LogP contribution in [0.4, 0.5) is 4.39 Å². The van der Waals surface area contributed by atoms with Gasteiger partial charge in [-0.25, -0.2) is 0 Å². The standard InChI is InChI=1S/C20H23FN2/c21-20(15-23)3-1-2-16-4-6-17(7-5-16)8-9-18-10-12-19(14-22)13-11-18/h3,10-13,16-17H,1-2,4-9H2/b20-3-. The molecule has 2 nitrogen and oxygen atoms in total. The Morgan fingerprint density at radius 1 is 1.04 bits per heavy atom. The molecular formula is C20H23FN2. The van der Waals surface area contributed by atoms with Crippen molar-refractivity contribution in [2.24, 2.45) is 11.8 Å². The molecule has 0 bridgehead atoms. The summed E-state index contributed by atoms with van der Waals surface area (Å²) in [7, 11) is 0. The van der Waals surface area contributed by atoms with Crippen molar-refractivity contribution in [3.8, 4) is 12.1 Å². The van der Waals surface area contributed by atoms with Gasteiger partial charge in [-0.05, 0) is 61.3 Å². The summed E-state index contributed by atoms with van der Waals surface area (Å²) in [5, 5.41) is 17.2. The van der Waals surface area contributed by atoms with Gasteiger partial charge in [0.1, 0.15) is 6.07 Å². The number of hydrogen-bond acceptors (Lipinski definition) is 2. The highest BCUT2D eigenvalue weighted by Gasteiger charge is 2.20. The first-order valence-corrected chi connectivity index (χ1v) is 8.46. The van der Waals surface area contributed by atoms with E-state index in [4.69, 9.17) is 10.5 Å². The van der Waals surface area contributed by atoms with E-state index in [1.165, 1.54) is 49.8 Å². The zero-order valence-electron chi connectivity index (χ0n) is 13.5. The van der Waals surface area contributed by atoms with E-state index in [1.54, 1.807) is 0 Å². The van der Waals surface area contributed by atoms with Crippen LogP contribution in [0, 0.1) is 34.5 Å². The minimum absolute atomic E-state index is 0.652. The second kappa shape index (κ2) is 9.11. The van der Waals surface area contributed by atoms with Crippen LogP contribution in [0.2, 0.25) is 0 Å². The number of rotatable bonds is 6. The summed E-state index contributed by atoms with van der Waals surface area (Å²) in [6.45, 7) is 0. The number of benzene rings is 1. The van der Waals surface area contributed by atoms with E-state index in [1.807, 2.05) is 12.1 Å². The lowest BCUT2D eigenvalue weighted by atomic mass is 9.78. The number of allylic oxidation sites excluding steroid dienone is 2. The molecule has 0 radical (unpaired) electrons. The van der Waals surface area contributed by atoms with Crippen LogP contribution in [-0.2, 0) is 6.42 Å². The van der Waals surface area contributed by atoms with Gasteiger partial charge in [0.25, 0.3) is 0 Å². The fourth-order valence-electron chi connectivity index (χ4n) is 3.42. The Morgan fingerprint density at radius 3 is 2.22 bits per heavy atom. The average Bonchev–Trinajstić information content (AvgIpc) is 2.61. The van der Waals surface area contributed by atoms with E-state index in [9.17, 15) is 4.39 Å². The lowest BCUT2D eigenvalue weighted by Gasteiger charge is -2.28. The van der Waals surface area contributed by atoms with Gasteiger partial charge in [0.2, 0.25) is 0 Å². The normalized spacial score (nSPS) is 21.4. The molecule has 1 aliphatic carbocycles. The molecule has 0 aliphatic heterocycles. The molecule has 0 aromatic heterocycles. The van der Waals surface area contributed by atoms with E-state index in [-0.39, 0.29) is 0 Å². The summed E-state index contributed by atoms with van der Waals surface area (Å²) in [5.74, 6) is 0.818. The van der Waals surface area contributed by atoms with E-state index in [2.05, 4.69) is 18.2 Å². The van der Waals surface area contributed by atoms with E-state index in [0.717, 1.165) is 24.3 Å². The molecule has 1 aliphatic rings. The molecule has 0 atom stereocenters. The highest BCUT2D eigenvalue weighted by Crippen LogP contribution is 2.34. The molecule has 0 heterocycles. The van der Waals surface area contributed by atoms with Gasteiger partial charge in [0, 0.05) is 0 Å². The summed E-state index contributed by atoms with van der Waals surface area (Å²) < 4.78 is 12.7. The van der Waals surface area contributed by atoms with Gasteiger partial charge in [-0.2, -0.15) is 14.9 Å². The van der Waals surface area contributed by atoms with Crippen molar-refractivity contribution in [2.75, 3.05) is 0 Å². The van der Waals surface area contributed by atoms with Crippen LogP contribution in [0.25, 0.3) is 0 Å².